The molecule has 10 nitrogen and oxygen atoms in total. The number of nitrogens with one attached hydrogen (secondary N) is 1. The third-order valence-electron chi connectivity index (χ3n) is 9.67. The molecule has 2 aliphatic heterocycles. The van der Waals surface area contributed by atoms with Crippen molar-refractivity contribution in [1.82, 2.24) is 14.7 Å². The van der Waals surface area contributed by atoms with Gasteiger partial charge in [0.15, 0.2) is 5.66 Å². The molecule has 1 N–H and O–H groups in total. The van der Waals surface area contributed by atoms with Gasteiger partial charge in [-0.15, -0.1) is 4.91 Å². The number of nitrogens with zero attached hydrogens (tertiary/aromatic N) is 7. The molecule has 0 bridgehead atoms. The Labute approximate surface area is 275 Å². The van der Waals surface area contributed by atoms with Crippen LogP contribution in [0.5, 0.6) is 0 Å². The van der Waals surface area contributed by atoms with E-state index in [0.29, 0.717) is 26.1 Å². The minimum atomic E-state index is -0.707. The van der Waals surface area contributed by atoms with Crippen LogP contribution in [0, 0.1) is 17.7 Å². The molecular formula is C36H52N8O2. The number of piperazine rings is 1. The van der Waals surface area contributed by atoms with E-state index in [4.69, 9.17) is 9.73 Å². The second-order valence-corrected chi connectivity index (χ2v) is 13.6. The van der Waals surface area contributed by atoms with Gasteiger partial charge < -0.3 is 24.8 Å². The average Bonchev–Trinajstić information content (AvgIpc) is 3.00. The van der Waals surface area contributed by atoms with Gasteiger partial charge in [-0.25, -0.2) is 0 Å². The number of ether oxygens (including phenoxy) is 1. The monoisotopic (exact) mass is 628 g/mol. The van der Waals surface area contributed by atoms with Gasteiger partial charge in [-0.3, -0.25) is 14.9 Å². The van der Waals surface area contributed by atoms with Crippen molar-refractivity contribution in [2.75, 3.05) is 76.8 Å². The number of likely N-dealkylation sites (N-methyl/N-ethyl adjacent to an activating group) is 1. The van der Waals surface area contributed by atoms with Gasteiger partial charge in [-0.2, -0.15) is 0 Å². The molecule has 46 heavy (non-hydrogen) atoms. The van der Waals surface area contributed by atoms with Gasteiger partial charge in [-0.05, 0) is 94.3 Å². The minimum Gasteiger partial charge on any atom is -0.375 e. The zero-order valence-corrected chi connectivity index (χ0v) is 28.4. The molecule has 2 aromatic carbocycles. The third kappa shape index (κ3) is 8.47. The molecule has 1 aliphatic carbocycles. The van der Waals surface area contributed by atoms with E-state index in [0.717, 1.165) is 47.1 Å². The molecule has 0 radical (unpaired) electrons. The van der Waals surface area contributed by atoms with E-state index >= 15 is 0 Å². The maximum atomic E-state index is 11.9. The third-order valence-corrected chi connectivity index (χ3v) is 9.67. The van der Waals surface area contributed by atoms with Crippen LogP contribution in [0.15, 0.2) is 69.9 Å². The Morgan fingerprint density at radius 3 is 2.48 bits per heavy atom. The summed E-state index contributed by atoms with van der Waals surface area (Å²) in [5.41, 5.74) is 5.72. The fraction of sp³-hybridized carbons (Fsp3) is 0.556. The molecule has 0 atom stereocenters. The van der Waals surface area contributed by atoms with Gasteiger partial charge in [0.25, 0.3) is 0 Å². The van der Waals surface area contributed by atoms with Crippen LogP contribution in [-0.2, 0) is 11.3 Å². The van der Waals surface area contributed by atoms with Crippen LogP contribution in [-0.4, -0.2) is 112 Å². The second-order valence-electron chi connectivity index (χ2n) is 13.6. The number of aryl methyl sites for hydroxylation is 1. The topological polar surface area (TPSA) is 88.4 Å². The number of anilines is 2. The van der Waals surface area contributed by atoms with Crippen molar-refractivity contribution in [2.24, 2.45) is 21.1 Å². The summed E-state index contributed by atoms with van der Waals surface area (Å²) in [7, 11) is 4.18. The summed E-state index contributed by atoms with van der Waals surface area (Å²) in [5, 5.41) is 6.97. The van der Waals surface area contributed by atoms with Crippen molar-refractivity contribution < 1.29 is 4.74 Å². The molecule has 248 valence electrons. The Kier molecular flexibility index (Phi) is 11.4. The first-order valence-corrected chi connectivity index (χ1v) is 16.7. The quantitative estimate of drug-likeness (QED) is 0.213. The van der Waals surface area contributed by atoms with Gasteiger partial charge >= 0.3 is 0 Å². The Morgan fingerprint density at radius 2 is 1.85 bits per heavy atom. The van der Waals surface area contributed by atoms with E-state index in [1.54, 1.807) is 6.20 Å². The van der Waals surface area contributed by atoms with Crippen molar-refractivity contribution in [3.05, 3.63) is 76.3 Å². The molecular weight excluding hydrogens is 576 g/mol. The highest BCUT2D eigenvalue weighted by molar-refractivity contribution is 6.08. The van der Waals surface area contributed by atoms with Crippen molar-refractivity contribution in [2.45, 2.75) is 58.0 Å². The van der Waals surface area contributed by atoms with Crippen LogP contribution in [0.3, 0.4) is 0 Å². The van der Waals surface area contributed by atoms with Gasteiger partial charge in [-0.1, -0.05) is 12.1 Å². The fourth-order valence-electron chi connectivity index (χ4n) is 6.70. The highest BCUT2D eigenvalue weighted by atomic mass is 16.5. The molecule has 5 rings (SSSR count). The standard InChI is InChI=1S/C36H52N8O2/c1-27(2)46-34-20-36(21-34,40-45)42(6)25-31-8-7-30(19-28(31)3)35(13-14-37-4)39-26-38-32-9-11-33(12-10-32)44-23-29(24-44)22-43-17-15-41(5)16-18-43/h7-14,19,27,29,34,38H,4,15-18,20-26H2,1-3,5-6H3/b14-13-,39-35+. The lowest BCUT2D eigenvalue weighted by Crippen LogP contribution is -2.57. The summed E-state index contributed by atoms with van der Waals surface area (Å²) in [6.45, 7) is 19.0. The predicted octanol–water partition coefficient (Wildman–Crippen LogP) is 5.23. The molecule has 10 heteroatoms. The molecule has 0 aromatic heterocycles. The summed E-state index contributed by atoms with van der Waals surface area (Å²) in [6.07, 6.45) is 5.04. The normalized spacial score (nSPS) is 23.2. The van der Waals surface area contributed by atoms with Crippen LogP contribution >= 0.6 is 0 Å². The summed E-state index contributed by atoms with van der Waals surface area (Å²) in [5.74, 6) is 0.760. The molecule has 2 heterocycles. The maximum Gasteiger partial charge on any atom is 0.160 e. The SMILES string of the molecule is C=N/C=C\C(=N/CNc1ccc(N2CC(CN3CCN(C)CC3)C2)cc1)c1ccc(CN(C)C2(N=O)CC(OC(C)C)C2)c(C)c1. The summed E-state index contributed by atoms with van der Waals surface area (Å²) < 4.78 is 5.88. The van der Waals surface area contributed by atoms with E-state index < -0.39 is 5.66 Å². The van der Waals surface area contributed by atoms with Crippen LogP contribution in [0.2, 0.25) is 0 Å². The molecule has 3 fully saturated rings. The lowest BCUT2D eigenvalue weighted by Gasteiger charge is -2.47. The van der Waals surface area contributed by atoms with Crippen molar-refractivity contribution in [3.63, 3.8) is 0 Å². The number of allylic oxidation sites excluding steroid dienone is 1. The number of rotatable bonds is 15. The van der Waals surface area contributed by atoms with Gasteiger partial charge in [0.05, 0.1) is 17.9 Å². The van der Waals surface area contributed by atoms with E-state index in [2.05, 4.69) is 98.2 Å². The molecule has 2 saturated heterocycles. The Bertz CT molecular complexity index is 1370. The summed E-state index contributed by atoms with van der Waals surface area (Å²) in [6, 6.07) is 15.0. The largest absolute Gasteiger partial charge is 0.375 e. The lowest BCUT2D eigenvalue weighted by molar-refractivity contribution is -0.118. The smallest absolute Gasteiger partial charge is 0.160 e. The Balaban J connectivity index is 1.13. The molecule has 3 aliphatic rings. The van der Waals surface area contributed by atoms with Crippen molar-refractivity contribution >= 4 is 23.8 Å². The predicted molar refractivity (Wildman–Crippen MR) is 190 cm³/mol. The van der Waals surface area contributed by atoms with Crippen LogP contribution in [0.1, 0.15) is 43.4 Å². The van der Waals surface area contributed by atoms with E-state index in [1.807, 2.05) is 27.0 Å². The minimum absolute atomic E-state index is 0.0877. The molecule has 0 unspecified atom stereocenters. The molecule has 0 spiro atoms. The van der Waals surface area contributed by atoms with Crippen LogP contribution in [0.4, 0.5) is 11.4 Å². The van der Waals surface area contributed by atoms with Crippen LogP contribution < -0.4 is 10.2 Å². The number of nitroso groups, excluding NO2 is 1. The molecule has 0 amide bonds. The van der Waals surface area contributed by atoms with Gasteiger partial charge in [0.2, 0.25) is 0 Å². The highest BCUT2D eigenvalue weighted by Crippen LogP contribution is 2.41. The van der Waals surface area contributed by atoms with E-state index in [-0.39, 0.29) is 12.2 Å². The van der Waals surface area contributed by atoms with E-state index in [9.17, 15) is 4.91 Å². The summed E-state index contributed by atoms with van der Waals surface area (Å²) >= 11 is 0. The lowest BCUT2D eigenvalue weighted by atomic mass is 9.80. The molecule has 2 aromatic rings. The zero-order chi connectivity index (χ0) is 32.7. The maximum absolute atomic E-state index is 11.9. The first-order valence-electron chi connectivity index (χ1n) is 16.7. The number of hydrogen-bond acceptors (Lipinski definition) is 10. The van der Waals surface area contributed by atoms with Crippen molar-refractivity contribution in [1.29, 1.82) is 0 Å². The van der Waals surface area contributed by atoms with Crippen molar-refractivity contribution in [3.8, 4) is 0 Å². The first kappa shape index (κ1) is 33.9. The number of hydrogen-bond donors (Lipinski definition) is 1. The van der Waals surface area contributed by atoms with Gasteiger partial charge in [0, 0.05) is 94.3 Å². The van der Waals surface area contributed by atoms with Gasteiger partial charge in [0.1, 0.15) is 6.67 Å². The van der Waals surface area contributed by atoms with E-state index in [1.165, 1.54) is 38.4 Å². The second kappa shape index (κ2) is 15.4. The first-order chi connectivity index (χ1) is 22.2. The summed E-state index contributed by atoms with van der Waals surface area (Å²) in [4.78, 5) is 30.2. The molecule has 1 saturated carbocycles. The zero-order valence-electron chi connectivity index (χ0n) is 28.4. The Hall–Kier alpha value is -3.44. The number of benzene rings is 2. The average molecular weight is 629 g/mol. The van der Waals surface area contributed by atoms with Crippen LogP contribution in [0.25, 0.3) is 0 Å². The fourth-order valence-corrected chi connectivity index (χ4v) is 6.70. The Morgan fingerprint density at radius 1 is 1.13 bits per heavy atom. The number of aliphatic imine (C=N–C) groups is 2. The highest BCUT2D eigenvalue weighted by Gasteiger charge is 2.50.